The van der Waals surface area contributed by atoms with E-state index in [2.05, 4.69) is 27.1 Å². The summed E-state index contributed by atoms with van der Waals surface area (Å²) < 4.78 is 0. The van der Waals surface area contributed by atoms with Gasteiger partial charge in [0, 0.05) is 0 Å². The van der Waals surface area contributed by atoms with E-state index < -0.39 is 0 Å². The predicted molar refractivity (Wildman–Crippen MR) is 43.7 cm³/mol. The third kappa shape index (κ3) is 1.67. The number of hydrogen-bond donors (Lipinski definition) is 0. The Morgan fingerprint density at radius 2 is 2.45 bits per heavy atom. The van der Waals surface area contributed by atoms with Crippen LogP contribution in [0, 0.1) is 0 Å². The van der Waals surface area contributed by atoms with E-state index >= 15 is 0 Å². The number of hydrogen-bond acceptors (Lipinski definition) is 4. The lowest BCUT2D eigenvalue weighted by Crippen LogP contribution is -1.88. The Bertz CT molecular complexity index is 280. The monoisotopic (exact) mass is 148 g/mol. The van der Waals surface area contributed by atoms with E-state index in [0.717, 1.165) is 0 Å². The SMILES string of the molecule is C=Nc1cnnnc1C=CC. The molecule has 0 aliphatic heterocycles. The molecule has 0 aliphatic rings. The van der Waals surface area contributed by atoms with Gasteiger partial charge in [0.25, 0.3) is 0 Å². The molecule has 1 aromatic heterocycles. The summed E-state index contributed by atoms with van der Waals surface area (Å²) >= 11 is 0. The number of nitrogens with zero attached hydrogens (tertiary/aromatic N) is 4. The van der Waals surface area contributed by atoms with Crippen molar-refractivity contribution in [2.45, 2.75) is 6.92 Å². The second-order valence-corrected chi connectivity index (χ2v) is 1.86. The van der Waals surface area contributed by atoms with Gasteiger partial charge in [-0.25, -0.2) is 0 Å². The van der Waals surface area contributed by atoms with Crippen molar-refractivity contribution in [2.24, 2.45) is 4.99 Å². The maximum absolute atomic E-state index is 3.76. The molecule has 4 nitrogen and oxygen atoms in total. The van der Waals surface area contributed by atoms with Crippen LogP contribution in [0.1, 0.15) is 12.6 Å². The first-order chi connectivity index (χ1) is 5.38. The molecule has 1 aromatic rings. The summed E-state index contributed by atoms with van der Waals surface area (Å²) in [5.41, 5.74) is 1.34. The Labute approximate surface area is 64.7 Å². The fourth-order valence-corrected chi connectivity index (χ4v) is 0.670. The maximum Gasteiger partial charge on any atom is 0.114 e. The molecule has 4 heteroatoms. The first kappa shape index (κ1) is 7.53. The van der Waals surface area contributed by atoms with Crippen molar-refractivity contribution in [3.63, 3.8) is 0 Å². The lowest BCUT2D eigenvalue weighted by Gasteiger charge is -1.93. The molecule has 0 bridgehead atoms. The van der Waals surface area contributed by atoms with Crippen LogP contribution in [-0.2, 0) is 0 Å². The van der Waals surface area contributed by atoms with Crippen molar-refractivity contribution in [1.29, 1.82) is 0 Å². The third-order valence-corrected chi connectivity index (χ3v) is 1.14. The van der Waals surface area contributed by atoms with Crippen molar-refractivity contribution in [2.75, 3.05) is 0 Å². The van der Waals surface area contributed by atoms with Gasteiger partial charge < -0.3 is 0 Å². The summed E-state index contributed by atoms with van der Waals surface area (Å²) in [5, 5.41) is 10.8. The van der Waals surface area contributed by atoms with Gasteiger partial charge in [0.1, 0.15) is 11.4 Å². The molecule has 0 amide bonds. The molecule has 0 atom stereocenters. The van der Waals surface area contributed by atoms with Gasteiger partial charge in [0.05, 0.1) is 6.20 Å². The average Bonchev–Trinajstić information content (AvgIpc) is 2.06. The summed E-state index contributed by atoms with van der Waals surface area (Å²) in [6.45, 7) is 5.28. The highest BCUT2D eigenvalue weighted by atomic mass is 15.3. The molecule has 0 N–H and O–H groups in total. The molecule has 0 unspecified atom stereocenters. The zero-order valence-electron chi connectivity index (χ0n) is 6.23. The Morgan fingerprint density at radius 3 is 3.09 bits per heavy atom. The molecule has 0 saturated carbocycles. The van der Waals surface area contributed by atoms with Crippen molar-refractivity contribution < 1.29 is 0 Å². The molecule has 56 valence electrons. The van der Waals surface area contributed by atoms with E-state index in [1.54, 1.807) is 6.08 Å². The summed E-state index contributed by atoms with van der Waals surface area (Å²) in [7, 11) is 0. The van der Waals surface area contributed by atoms with Gasteiger partial charge in [-0.2, -0.15) is 0 Å². The smallest absolute Gasteiger partial charge is 0.114 e. The highest BCUT2D eigenvalue weighted by Gasteiger charge is 1.96. The molecular weight excluding hydrogens is 140 g/mol. The molecule has 1 heterocycles. The summed E-state index contributed by atoms with van der Waals surface area (Å²) in [6.07, 6.45) is 5.19. The Hall–Kier alpha value is -1.58. The highest BCUT2D eigenvalue weighted by molar-refractivity contribution is 5.60. The molecule has 11 heavy (non-hydrogen) atoms. The normalized spacial score (nSPS) is 10.3. The fourth-order valence-electron chi connectivity index (χ4n) is 0.670. The molecule has 0 radical (unpaired) electrons. The standard InChI is InChI=1S/C7H8N4/c1-3-4-6-7(8-2)5-9-11-10-6/h3-5H,2H2,1H3. The zero-order chi connectivity index (χ0) is 8.10. The van der Waals surface area contributed by atoms with Gasteiger partial charge >= 0.3 is 0 Å². The van der Waals surface area contributed by atoms with Crippen LogP contribution in [-0.4, -0.2) is 22.1 Å². The van der Waals surface area contributed by atoms with Crippen molar-refractivity contribution in [1.82, 2.24) is 15.4 Å². The average molecular weight is 148 g/mol. The second kappa shape index (κ2) is 3.55. The topological polar surface area (TPSA) is 51.0 Å². The molecule has 0 aromatic carbocycles. The number of allylic oxidation sites excluding steroid dienone is 1. The summed E-state index contributed by atoms with van der Waals surface area (Å²) in [6, 6.07) is 0. The highest BCUT2D eigenvalue weighted by Crippen LogP contribution is 2.13. The number of aliphatic imine (C=N–C) groups is 1. The van der Waals surface area contributed by atoms with E-state index in [4.69, 9.17) is 0 Å². The summed E-state index contributed by atoms with van der Waals surface area (Å²) in [4.78, 5) is 3.72. The fraction of sp³-hybridized carbons (Fsp3) is 0.143. The van der Waals surface area contributed by atoms with Crippen LogP contribution in [0.2, 0.25) is 0 Å². The molecule has 0 aliphatic carbocycles. The van der Waals surface area contributed by atoms with Crippen LogP contribution >= 0.6 is 0 Å². The van der Waals surface area contributed by atoms with E-state index in [9.17, 15) is 0 Å². The third-order valence-electron chi connectivity index (χ3n) is 1.14. The van der Waals surface area contributed by atoms with E-state index in [0.29, 0.717) is 11.4 Å². The van der Waals surface area contributed by atoms with Crippen molar-refractivity contribution in [3.8, 4) is 0 Å². The van der Waals surface area contributed by atoms with Crippen LogP contribution < -0.4 is 0 Å². The van der Waals surface area contributed by atoms with E-state index in [-0.39, 0.29) is 0 Å². The van der Waals surface area contributed by atoms with Crippen LogP contribution in [0.3, 0.4) is 0 Å². The largest absolute Gasteiger partial charge is 0.261 e. The molecule has 1 rings (SSSR count). The Balaban J connectivity index is 3.11. The maximum atomic E-state index is 3.76. The summed E-state index contributed by atoms with van der Waals surface area (Å²) in [5.74, 6) is 0. The van der Waals surface area contributed by atoms with Gasteiger partial charge in [-0.05, 0) is 24.9 Å². The minimum atomic E-state index is 0.651. The van der Waals surface area contributed by atoms with Crippen LogP contribution in [0.5, 0.6) is 0 Å². The lowest BCUT2D eigenvalue weighted by molar-refractivity contribution is 0.858. The minimum absolute atomic E-state index is 0.651. The Morgan fingerprint density at radius 1 is 1.64 bits per heavy atom. The van der Waals surface area contributed by atoms with Gasteiger partial charge in [-0.3, -0.25) is 4.99 Å². The second-order valence-electron chi connectivity index (χ2n) is 1.86. The van der Waals surface area contributed by atoms with Crippen LogP contribution in [0.4, 0.5) is 5.69 Å². The first-order valence-corrected chi connectivity index (χ1v) is 3.16. The lowest BCUT2D eigenvalue weighted by atomic mass is 10.3. The zero-order valence-corrected chi connectivity index (χ0v) is 6.23. The van der Waals surface area contributed by atoms with E-state index in [1.165, 1.54) is 6.20 Å². The van der Waals surface area contributed by atoms with Gasteiger partial charge in [-0.1, -0.05) is 6.08 Å². The minimum Gasteiger partial charge on any atom is -0.261 e. The van der Waals surface area contributed by atoms with Crippen molar-refractivity contribution >= 4 is 18.5 Å². The van der Waals surface area contributed by atoms with E-state index in [1.807, 2.05) is 13.0 Å². The first-order valence-electron chi connectivity index (χ1n) is 3.16. The predicted octanol–water partition coefficient (Wildman–Crippen LogP) is 1.24. The molecule has 0 spiro atoms. The number of rotatable bonds is 2. The molecular formula is C7H8N4. The van der Waals surface area contributed by atoms with Gasteiger partial charge in [0.15, 0.2) is 0 Å². The van der Waals surface area contributed by atoms with Gasteiger partial charge in [0.2, 0.25) is 0 Å². The number of aromatic nitrogens is 3. The molecule has 0 saturated heterocycles. The van der Waals surface area contributed by atoms with Crippen LogP contribution in [0.15, 0.2) is 17.3 Å². The molecule has 0 fully saturated rings. The van der Waals surface area contributed by atoms with Crippen molar-refractivity contribution in [3.05, 3.63) is 18.0 Å². The van der Waals surface area contributed by atoms with Gasteiger partial charge in [-0.15, -0.1) is 10.2 Å². The Kier molecular flexibility index (Phi) is 2.43. The quantitative estimate of drug-likeness (QED) is 0.593. The van der Waals surface area contributed by atoms with Crippen LogP contribution in [0.25, 0.3) is 6.08 Å².